The van der Waals surface area contributed by atoms with Crippen LogP contribution in [0.3, 0.4) is 0 Å². The Morgan fingerprint density at radius 2 is 2.02 bits per heavy atom. The minimum atomic E-state index is -1.15. The van der Waals surface area contributed by atoms with Crippen molar-refractivity contribution in [3.63, 3.8) is 0 Å². The molecule has 3 atom stereocenters. The Bertz CT molecular complexity index is 1640. The average Bonchev–Trinajstić information content (AvgIpc) is 3.65. The quantitative estimate of drug-likeness (QED) is 0.346. The topological polar surface area (TPSA) is 137 Å². The molecule has 250 valence electrons. The molecule has 5 fully saturated rings. The predicted molar refractivity (Wildman–Crippen MR) is 170 cm³/mol. The van der Waals surface area contributed by atoms with Crippen LogP contribution in [0.25, 0.3) is 0 Å². The molecule has 2 aromatic rings. The van der Waals surface area contributed by atoms with Crippen molar-refractivity contribution in [1.29, 1.82) is 0 Å². The highest BCUT2D eigenvalue weighted by Crippen LogP contribution is 2.72. The first kappa shape index (κ1) is 31.7. The van der Waals surface area contributed by atoms with Gasteiger partial charge in [-0.3, -0.25) is 14.7 Å². The van der Waals surface area contributed by atoms with Crippen molar-refractivity contribution in [3.05, 3.63) is 63.0 Å². The number of urea groups is 1. The number of carbonyl (C=O) groups excluding carboxylic acids is 2. The average molecular weight is 667 g/mol. The van der Waals surface area contributed by atoms with Gasteiger partial charge in [0.1, 0.15) is 11.9 Å². The maximum atomic E-state index is 14.7. The first-order valence-electron chi connectivity index (χ1n) is 16.0. The number of hydrogen-bond donors (Lipinski definition) is 2. The molecule has 1 aromatic carbocycles. The van der Waals surface area contributed by atoms with E-state index in [9.17, 15) is 23.9 Å². The number of amidine groups is 1. The maximum absolute atomic E-state index is 14.7. The third-order valence-corrected chi connectivity index (χ3v) is 11.4. The number of aromatic nitrogens is 1. The van der Waals surface area contributed by atoms with Crippen LogP contribution in [0.5, 0.6) is 0 Å². The largest absolute Gasteiger partial charge is 0.478 e. The molecule has 0 radical (unpaired) electrons. The lowest BCUT2D eigenvalue weighted by Gasteiger charge is -2.73. The van der Waals surface area contributed by atoms with Gasteiger partial charge in [-0.15, -0.1) is 11.3 Å². The highest BCUT2D eigenvalue weighted by Gasteiger charge is 2.73. The number of nitrogens with zero attached hydrogens (tertiary/aromatic N) is 5. The molecular formula is C33H39FN6O6S. The molecule has 2 bridgehead atoms. The molecule has 3 saturated carbocycles. The van der Waals surface area contributed by atoms with Gasteiger partial charge in [-0.05, 0) is 55.7 Å². The van der Waals surface area contributed by atoms with E-state index in [0.29, 0.717) is 66.9 Å². The van der Waals surface area contributed by atoms with Gasteiger partial charge in [-0.1, -0.05) is 12.1 Å². The molecule has 12 nitrogen and oxygen atoms in total. The number of hydrogen-bond acceptors (Lipinski definition) is 10. The van der Waals surface area contributed by atoms with Gasteiger partial charge in [-0.25, -0.2) is 19.0 Å². The summed E-state index contributed by atoms with van der Waals surface area (Å²) in [5.41, 5.74) is 1.03. The number of halogens is 1. The van der Waals surface area contributed by atoms with E-state index in [0.717, 1.165) is 19.3 Å². The molecule has 4 heterocycles. The van der Waals surface area contributed by atoms with Crippen LogP contribution in [0, 0.1) is 18.2 Å². The number of methoxy groups -OCH3 is 1. The summed E-state index contributed by atoms with van der Waals surface area (Å²) < 4.78 is 25.6. The standard InChI is InChI=1S/C33H39FN6O6S/c1-4-46-25(41)12-32-16-33(17-32,18-32)40-14-23-24(15-45-3)38(9-10-39(23)31(40)44)13-22-26(30(42)43)27(20-6-5-7-21(34)19(20)2)37-28(36-22)29-35-8-11-47-29/h5-8,11,23-24,27H,4,9-10,12-18H2,1-3H3,(H,36,37)(H,42,43)/t23-,24-,27+,32?,33?/m1/s1. The maximum Gasteiger partial charge on any atom is 0.335 e. The molecule has 47 heavy (non-hydrogen) atoms. The van der Waals surface area contributed by atoms with Gasteiger partial charge in [0.2, 0.25) is 0 Å². The van der Waals surface area contributed by atoms with Crippen LogP contribution >= 0.6 is 11.3 Å². The first-order valence-corrected chi connectivity index (χ1v) is 16.9. The number of fused-ring (bicyclic) bond motifs is 1. The van der Waals surface area contributed by atoms with Crippen LogP contribution in [-0.2, 0) is 19.1 Å². The number of aliphatic imine (C=N–C) groups is 1. The summed E-state index contributed by atoms with van der Waals surface area (Å²) in [6.07, 6.45) is 4.48. The third-order valence-electron chi connectivity index (χ3n) is 10.6. The minimum absolute atomic E-state index is 0.0150. The molecule has 8 rings (SSSR count). The lowest BCUT2D eigenvalue weighted by Crippen LogP contribution is -2.75. The summed E-state index contributed by atoms with van der Waals surface area (Å²) in [6.45, 7) is 5.91. The number of rotatable bonds is 11. The fourth-order valence-corrected chi connectivity index (χ4v) is 9.16. The van der Waals surface area contributed by atoms with E-state index in [1.54, 1.807) is 39.3 Å². The van der Waals surface area contributed by atoms with E-state index in [4.69, 9.17) is 14.5 Å². The van der Waals surface area contributed by atoms with E-state index in [-0.39, 0.29) is 47.2 Å². The number of piperazine rings is 1. The molecule has 0 unspecified atom stereocenters. The van der Waals surface area contributed by atoms with Crippen molar-refractivity contribution in [3.8, 4) is 0 Å². The summed E-state index contributed by atoms with van der Waals surface area (Å²) in [4.78, 5) is 54.2. The smallest absolute Gasteiger partial charge is 0.335 e. The second-order valence-corrected chi connectivity index (χ2v) is 14.3. The number of thiazole rings is 1. The highest BCUT2D eigenvalue weighted by atomic mass is 32.1. The number of esters is 1. The van der Waals surface area contributed by atoms with E-state index < -0.39 is 17.8 Å². The van der Waals surface area contributed by atoms with Gasteiger partial charge in [0.05, 0.1) is 37.3 Å². The van der Waals surface area contributed by atoms with Crippen LogP contribution < -0.4 is 5.32 Å². The van der Waals surface area contributed by atoms with Crippen molar-refractivity contribution in [2.75, 3.05) is 46.5 Å². The second kappa shape index (κ2) is 12.0. The molecule has 0 spiro atoms. The molecule has 1 aromatic heterocycles. The van der Waals surface area contributed by atoms with Crippen molar-refractivity contribution >= 4 is 35.1 Å². The molecule has 2 saturated heterocycles. The zero-order valence-electron chi connectivity index (χ0n) is 26.7. The number of aliphatic carboxylic acids is 1. The van der Waals surface area contributed by atoms with Gasteiger partial charge in [-0.2, -0.15) is 0 Å². The van der Waals surface area contributed by atoms with Gasteiger partial charge in [0.25, 0.3) is 0 Å². The third kappa shape index (κ3) is 5.30. The van der Waals surface area contributed by atoms with Crippen molar-refractivity contribution in [1.82, 2.24) is 25.0 Å². The Morgan fingerprint density at radius 3 is 2.70 bits per heavy atom. The summed E-state index contributed by atoms with van der Waals surface area (Å²) in [7, 11) is 1.63. The Labute approximate surface area is 276 Å². The zero-order chi connectivity index (χ0) is 33.1. The van der Waals surface area contributed by atoms with Gasteiger partial charge < -0.3 is 29.7 Å². The number of amides is 2. The molecule has 3 aliphatic carbocycles. The number of benzene rings is 1. The van der Waals surface area contributed by atoms with Gasteiger partial charge in [0, 0.05) is 56.1 Å². The number of nitrogens with one attached hydrogen (secondary N) is 1. The van der Waals surface area contributed by atoms with Crippen LogP contribution in [-0.4, -0.2) is 113 Å². The molecule has 6 aliphatic rings. The Kier molecular flexibility index (Phi) is 8.08. The monoisotopic (exact) mass is 666 g/mol. The zero-order valence-corrected chi connectivity index (χ0v) is 27.5. The van der Waals surface area contributed by atoms with Crippen molar-refractivity contribution in [2.24, 2.45) is 10.4 Å². The molecule has 14 heteroatoms. The lowest BCUT2D eigenvalue weighted by atomic mass is 9.38. The fraction of sp³-hybridized carbons (Fsp3) is 0.545. The molecule has 2 amide bonds. The molecular weight excluding hydrogens is 627 g/mol. The van der Waals surface area contributed by atoms with Crippen LogP contribution in [0.1, 0.15) is 54.8 Å². The van der Waals surface area contributed by atoms with E-state index in [1.807, 2.05) is 15.2 Å². The predicted octanol–water partition coefficient (Wildman–Crippen LogP) is 3.33. The van der Waals surface area contributed by atoms with Crippen molar-refractivity contribution < 1.29 is 33.4 Å². The van der Waals surface area contributed by atoms with Crippen molar-refractivity contribution in [2.45, 2.75) is 63.2 Å². The number of carboxylic acids is 1. The van der Waals surface area contributed by atoms with Crippen LogP contribution in [0.15, 0.2) is 46.0 Å². The summed E-state index contributed by atoms with van der Waals surface area (Å²) in [6, 6.07) is 3.34. The van der Waals surface area contributed by atoms with Crippen LogP contribution in [0.2, 0.25) is 0 Å². The first-order chi connectivity index (χ1) is 22.6. The van der Waals surface area contributed by atoms with E-state index >= 15 is 0 Å². The van der Waals surface area contributed by atoms with E-state index in [2.05, 4.69) is 15.2 Å². The second-order valence-electron chi connectivity index (χ2n) is 13.4. The van der Waals surface area contributed by atoms with Gasteiger partial charge >= 0.3 is 18.0 Å². The van der Waals surface area contributed by atoms with Gasteiger partial charge in [0.15, 0.2) is 10.8 Å². The number of carboxylic acid groups (broad SMARTS) is 1. The fourth-order valence-electron chi connectivity index (χ4n) is 8.58. The summed E-state index contributed by atoms with van der Waals surface area (Å²) in [5.74, 6) is -1.32. The van der Waals surface area contributed by atoms with E-state index in [1.165, 1.54) is 17.4 Å². The number of ether oxygens (including phenoxy) is 2. The summed E-state index contributed by atoms with van der Waals surface area (Å²) in [5, 5.41) is 16.3. The number of carbonyl (C=O) groups is 3. The van der Waals surface area contributed by atoms with Crippen LogP contribution in [0.4, 0.5) is 9.18 Å². The minimum Gasteiger partial charge on any atom is -0.478 e. The Hall–Kier alpha value is -3.88. The molecule has 3 aliphatic heterocycles. The normalized spacial score (nSPS) is 29.9. The molecule has 2 N–H and O–H groups in total. The summed E-state index contributed by atoms with van der Waals surface area (Å²) >= 11 is 1.37. The lowest BCUT2D eigenvalue weighted by molar-refractivity contribution is -0.210. The Balaban J connectivity index is 1.15. The Morgan fingerprint density at radius 1 is 1.23 bits per heavy atom. The SMILES string of the molecule is CCOC(=O)CC12CC(N3C[C@@H]4[C@@H](COC)N(CC5=C(C(=O)O)[C@H](c6cccc(F)c6C)N=C(c6nccs6)N5)CCN4C3=O)(C1)C2. The highest BCUT2D eigenvalue weighted by molar-refractivity contribution is 7.11.